The first-order valence-electron chi connectivity index (χ1n) is 6.48. The summed E-state index contributed by atoms with van der Waals surface area (Å²) in [5.41, 5.74) is 2.30. The fraction of sp³-hybridized carbons (Fsp3) is 1.00. The van der Waals surface area contributed by atoms with E-state index in [9.17, 15) is 0 Å². The Bertz CT molecular complexity index is 127. The van der Waals surface area contributed by atoms with E-state index in [0.29, 0.717) is 0 Å². The van der Waals surface area contributed by atoms with Crippen molar-refractivity contribution in [3.05, 3.63) is 0 Å². The molecule has 0 aromatic heterocycles. The van der Waals surface area contributed by atoms with Gasteiger partial charge < -0.3 is 0 Å². The SMILES string of the molecule is C1CCC(PC2CCCCC2)CC1.[Br][Hg]. The molecule has 0 aromatic carbocycles. The van der Waals surface area contributed by atoms with Crippen LogP contribution in [-0.4, -0.2) is 11.3 Å². The van der Waals surface area contributed by atoms with Gasteiger partial charge in [0.05, 0.1) is 0 Å². The third-order valence-electron chi connectivity index (χ3n) is 3.68. The van der Waals surface area contributed by atoms with Gasteiger partial charge in [-0.25, -0.2) is 0 Å². The van der Waals surface area contributed by atoms with Crippen LogP contribution in [-0.2, 0) is 23.7 Å². The molecule has 0 aromatic rings. The molecule has 2 aliphatic carbocycles. The standard InChI is InChI=1S/C12H23P.BrH.Hg/c1-3-7-11(8-4-1)13-12-9-5-2-6-10-12;;/h11-13H,1-10H2;1H;/q;;+1/p-1. The average molecular weight is 479 g/mol. The zero-order valence-corrected chi connectivity index (χ0v) is 17.9. The summed E-state index contributed by atoms with van der Waals surface area (Å²) in [4.78, 5) is 0. The summed E-state index contributed by atoms with van der Waals surface area (Å²) in [6.45, 7) is 0. The van der Waals surface area contributed by atoms with Crippen LogP contribution in [0, 0.1) is 0 Å². The summed E-state index contributed by atoms with van der Waals surface area (Å²) in [7, 11) is 1.33. The number of hydrogen-bond donors (Lipinski definition) is 0. The molecule has 2 rings (SSSR count). The maximum atomic E-state index is 3.13. The first-order valence-corrected chi connectivity index (χ1v) is 19.6. The van der Waals surface area contributed by atoms with Crippen LogP contribution in [0.5, 0.6) is 0 Å². The number of rotatable bonds is 2. The summed E-state index contributed by atoms with van der Waals surface area (Å²) in [6.07, 6.45) is 15.4. The molecule has 0 heterocycles. The Balaban J connectivity index is 0.000000531. The molecule has 0 radical (unpaired) electrons. The Hall–Kier alpha value is 1.85. The van der Waals surface area contributed by atoms with Crippen LogP contribution in [0.3, 0.4) is 0 Å². The summed E-state index contributed by atoms with van der Waals surface area (Å²) in [5.74, 6) is 0. The molecule has 0 bridgehead atoms. The van der Waals surface area contributed by atoms with Crippen molar-refractivity contribution in [2.24, 2.45) is 0 Å². The molecule has 0 nitrogen and oxygen atoms in total. The van der Waals surface area contributed by atoms with E-state index >= 15 is 0 Å². The Labute approximate surface area is 119 Å². The molecule has 0 atom stereocenters. The third kappa shape index (κ3) is 6.36. The summed E-state index contributed by atoms with van der Waals surface area (Å²) in [6, 6.07) is 0. The van der Waals surface area contributed by atoms with E-state index in [1.165, 1.54) is 47.1 Å². The molecule has 85 valence electrons. The van der Waals surface area contributed by atoms with Gasteiger partial charge in [0, 0.05) is 0 Å². The predicted molar refractivity (Wildman–Crippen MR) is 71.0 cm³/mol. The second-order valence-corrected chi connectivity index (χ2v) is 6.80. The van der Waals surface area contributed by atoms with Crippen molar-refractivity contribution >= 4 is 20.5 Å². The molecule has 0 amide bonds. The van der Waals surface area contributed by atoms with E-state index in [0.717, 1.165) is 35.0 Å². The van der Waals surface area contributed by atoms with Crippen LogP contribution in [0.1, 0.15) is 64.2 Å². The first-order chi connectivity index (χ1) is 7.45. The Morgan fingerprint density at radius 1 is 0.667 bits per heavy atom. The summed E-state index contributed by atoms with van der Waals surface area (Å²) < 4.78 is 0. The van der Waals surface area contributed by atoms with Gasteiger partial charge >= 0.3 is 35.6 Å². The molecule has 0 spiro atoms. The van der Waals surface area contributed by atoms with Gasteiger partial charge in [-0.1, -0.05) is 38.5 Å². The topological polar surface area (TPSA) is 0 Å². The molecule has 3 heteroatoms. The molecular formula is C12H23BrHgP. The monoisotopic (exact) mass is 479 g/mol. The van der Waals surface area contributed by atoms with Crippen LogP contribution < -0.4 is 0 Å². The van der Waals surface area contributed by atoms with E-state index in [4.69, 9.17) is 0 Å². The quantitative estimate of drug-likeness (QED) is 0.379. The van der Waals surface area contributed by atoms with Crippen LogP contribution in [0.2, 0.25) is 0 Å². The van der Waals surface area contributed by atoms with Crippen molar-refractivity contribution in [2.75, 3.05) is 0 Å². The normalized spacial score (nSPS) is 24.5. The predicted octanol–water partition coefficient (Wildman–Crippen LogP) is 5.17. The molecule has 15 heavy (non-hydrogen) atoms. The van der Waals surface area contributed by atoms with E-state index < -0.39 is 0 Å². The van der Waals surface area contributed by atoms with E-state index in [1.807, 2.05) is 0 Å². The van der Waals surface area contributed by atoms with Crippen molar-refractivity contribution < 1.29 is 23.7 Å². The van der Waals surface area contributed by atoms with Gasteiger partial charge in [-0.3, -0.25) is 0 Å². The van der Waals surface area contributed by atoms with Gasteiger partial charge in [-0.15, -0.1) is 8.58 Å². The Kier molecular flexibility index (Phi) is 9.77. The fourth-order valence-electron chi connectivity index (χ4n) is 2.87. The Morgan fingerprint density at radius 2 is 1.00 bits per heavy atom. The van der Waals surface area contributed by atoms with Crippen LogP contribution >= 0.6 is 20.5 Å². The van der Waals surface area contributed by atoms with Gasteiger partial charge in [-0.2, -0.15) is 0 Å². The number of halogens is 1. The van der Waals surface area contributed by atoms with Gasteiger partial charge in [0.25, 0.3) is 0 Å². The van der Waals surface area contributed by atoms with Crippen molar-refractivity contribution in [3.63, 3.8) is 0 Å². The minimum atomic E-state index is 0.840. The van der Waals surface area contributed by atoms with E-state index in [1.54, 1.807) is 25.7 Å². The average Bonchev–Trinajstić information content (AvgIpc) is 2.34. The van der Waals surface area contributed by atoms with E-state index in [-0.39, 0.29) is 0 Å². The van der Waals surface area contributed by atoms with Gasteiger partial charge in [0.1, 0.15) is 0 Å². The van der Waals surface area contributed by atoms with Crippen molar-refractivity contribution in [1.82, 2.24) is 0 Å². The zero-order valence-electron chi connectivity index (χ0n) is 9.81. The molecular weight excluding hydrogens is 456 g/mol. The summed E-state index contributed by atoms with van der Waals surface area (Å²) >= 11 is 3.97. The first kappa shape index (κ1) is 14.9. The second-order valence-electron chi connectivity index (χ2n) is 4.84. The second kappa shape index (κ2) is 9.83. The van der Waals surface area contributed by atoms with Gasteiger partial charge in [-0.05, 0) is 37.0 Å². The van der Waals surface area contributed by atoms with Crippen LogP contribution in [0.4, 0.5) is 0 Å². The van der Waals surface area contributed by atoms with Gasteiger partial charge in [0.2, 0.25) is 0 Å². The molecule has 2 saturated carbocycles. The van der Waals surface area contributed by atoms with Crippen molar-refractivity contribution in [3.8, 4) is 0 Å². The molecule has 0 N–H and O–H groups in total. The molecule has 2 fully saturated rings. The Morgan fingerprint density at radius 3 is 1.33 bits per heavy atom. The number of hydrogen-bond acceptors (Lipinski definition) is 0. The van der Waals surface area contributed by atoms with Crippen molar-refractivity contribution in [2.45, 2.75) is 75.5 Å². The van der Waals surface area contributed by atoms with Crippen LogP contribution in [0.15, 0.2) is 0 Å². The summed E-state index contributed by atoms with van der Waals surface area (Å²) in [5, 5.41) is 0. The fourth-order valence-corrected chi connectivity index (χ4v) is 5.02. The molecule has 0 unspecified atom stereocenters. The molecule has 2 aliphatic rings. The van der Waals surface area contributed by atoms with Crippen LogP contribution in [0.25, 0.3) is 0 Å². The van der Waals surface area contributed by atoms with Gasteiger partial charge in [0.15, 0.2) is 0 Å². The zero-order chi connectivity index (χ0) is 10.9. The minimum absolute atomic E-state index is 0.840. The van der Waals surface area contributed by atoms with E-state index in [2.05, 4.69) is 11.9 Å². The van der Waals surface area contributed by atoms with Crippen molar-refractivity contribution in [1.29, 1.82) is 0 Å². The molecule has 0 aliphatic heterocycles. The third-order valence-corrected chi connectivity index (χ3v) is 5.78. The maximum absolute atomic E-state index is 3.13. The molecule has 0 saturated heterocycles.